The summed E-state index contributed by atoms with van der Waals surface area (Å²) in [5, 5.41) is 9.17. The average Bonchev–Trinajstić information content (AvgIpc) is 2.53. The number of aryl methyl sites for hydroxylation is 1. The zero-order valence-electron chi connectivity index (χ0n) is 12.2. The lowest BCUT2D eigenvalue weighted by molar-refractivity contribution is -0.152. The number of rotatable bonds is 5. The summed E-state index contributed by atoms with van der Waals surface area (Å²) in [6.45, 7) is 2.45. The van der Waals surface area contributed by atoms with Gasteiger partial charge in [-0.05, 0) is 43.4 Å². The van der Waals surface area contributed by atoms with Gasteiger partial charge in [0, 0.05) is 6.54 Å². The number of likely N-dealkylation sites (tertiary alicyclic amines) is 1. The molecule has 1 saturated heterocycles. The number of carboxylic acids is 1. The van der Waals surface area contributed by atoms with E-state index in [1.165, 1.54) is 10.5 Å². The SMILES string of the molecule is CCc1ccc(OCC(=O)N2CCCC[C@@H]2C(=O)O)cc1. The molecule has 0 bridgehead atoms. The van der Waals surface area contributed by atoms with Gasteiger partial charge in [0.25, 0.3) is 5.91 Å². The highest BCUT2D eigenvalue weighted by molar-refractivity contribution is 5.84. The van der Waals surface area contributed by atoms with Crippen molar-refractivity contribution in [1.29, 1.82) is 0 Å². The normalized spacial score (nSPS) is 18.3. The van der Waals surface area contributed by atoms with Crippen molar-refractivity contribution in [2.75, 3.05) is 13.2 Å². The van der Waals surface area contributed by atoms with E-state index < -0.39 is 12.0 Å². The van der Waals surface area contributed by atoms with E-state index in [1.807, 2.05) is 24.3 Å². The summed E-state index contributed by atoms with van der Waals surface area (Å²) in [4.78, 5) is 24.7. The average molecular weight is 291 g/mol. The Morgan fingerprint density at radius 1 is 1.29 bits per heavy atom. The maximum Gasteiger partial charge on any atom is 0.326 e. The smallest absolute Gasteiger partial charge is 0.326 e. The maximum absolute atomic E-state index is 12.1. The van der Waals surface area contributed by atoms with E-state index in [0.29, 0.717) is 18.7 Å². The second-order valence-corrected chi connectivity index (χ2v) is 5.22. The lowest BCUT2D eigenvalue weighted by atomic mass is 10.0. The molecule has 1 heterocycles. The number of benzene rings is 1. The third-order valence-corrected chi connectivity index (χ3v) is 3.80. The number of carbonyl (C=O) groups is 2. The minimum Gasteiger partial charge on any atom is -0.484 e. The van der Waals surface area contributed by atoms with Crippen LogP contribution in [0.15, 0.2) is 24.3 Å². The zero-order valence-corrected chi connectivity index (χ0v) is 12.2. The van der Waals surface area contributed by atoms with Crippen LogP contribution in [0.25, 0.3) is 0 Å². The first kappa shape index (κ1) is 15.4. The van der Waals surface area contributed by atoms with Crippen LogP contribution in [0.5, 0.6) is 5.75 Å². The number of carbonyl (C=O) groups excluding carboxylic acids is 1. The van der Waals surface area contributed by atoms with Gasteiger partial charge in [0.05, 0.1) is 0 Å². The molecule has 5 nitrogen and oxygen atoms in total. The second-order valence-electron chi connectivity index (χ2n) is 5.22. The molecule has 1 aliphatic rings. The molecule has 114 valence electrons. The quantitative estimate of drug-likeness (QED) is 0.902. The van der Waals surface area contributed by atoms with Gasteiger partial charge in [0.1, 0.15) is 11.8 Å². The molecule has 1 aliphatic heterocycles. The summed E-state index contributed by atoms with van der Waals surface area (Å²) in [7, 11) is 0. The fourth-order valence-electron chi connectivity index (χ4n) is 2.54. The van der Waals surface area contributed by atoms with Gasteiger partial charge in [-0.1, -0.05) is 19.1 Å². The highest BCUT2D eigenvalue weighted by Gasteiger charge is 2.31. The van der Waals surface area contributed by atoms with Crippen LogP contribution < -0.4 is 4.74 Å². The van der Waals surface area contributed by atoms with Gasteiger partial charge < -0.3 is 14.7 Å². The molecule has 1 N–H and O–H groups in total. The molecule has 0 radical (unpaired) electrons. The molecular formula is C16H21NO4. The number of aliphatic carboxylic acids is 1. The van der Waals surface area contributed by atoms with Crippen molar-refractivity contribution >= 4 is 11.9 Å². The summed E-state index contributed by atoms with van der Waals surface area (Å²) < 4.78 is 5.46. The number of hydrogen-bond donors (Lipinski definition) is 1. The molecule has 0 aromatic heterocycles. The highest BCUT2D eigenvalue weighted by atomic mass is 16.5. The van der Waals surface area contributed by atoms with Crippen LogP contribution in [0.3, 0.4) is 0 Å². The van der Waals surface area contributed by atoms with Crippen molar-refractivity contribution in [3.63, 3.8) is 0 Å². The van der Waals surface area contributed by atoms with Crippen molar-refractivity contribution in [3.05, 3.63) is 29.8 Å². The Bertz CT molecular complexity index is 498. The van der Waals surface area contributed by atoms with Gasteiger partial charge in [-0.25, -0.2) is 4.79 Å². The molecule has 5 heteroatoms. The second kappa shape index (κ2) is 7.11. The number of nitrogens with zero attached hydrogens (tertiary/aromatic N) is 1. The number of amides is 1. The Balaban J connectivity index is 1.91. The van der Waals surface area contributed by atoms with E-state index in [2.05, 4.69) is 6.92 Å². The molecule has 1 atom stereocenters. The molecule has 0 unspecified atom stereocenters. The Kier molecular flexibility index (Phi) is 5.20. The fraction of sp³-hybridized carbons (Fsp3) is 0.500. The van der Waals surface area contributed by atoms with Gasteiger partial charge >= 0.3 is 5.97 Å². The number of carboxylic acid groups (broad SMARTS) is 1. The van der Waals surface area contributed by atoms with Crippen LogP contribution in [0.2, 0.25) is 0 Å². The monoisotopic (exact) mass is 291 g/mol. The Hall–Kier alpha value is -2.04. The van der Waals surface area contributed by atoms with E-state index in [9.17, 15) is 9.59 Å². The summed E-state index contributed by atoms with van der Waals surface area (Å²) in [5.41, 5.74) is 1.20. The third kappa shape index (κ3) is 3.97. The summed E-state index contributed by atoms with van der Waals surface area (Å²) in [5.74, 6) is -0.568. The number of piperidine rings is 1. The lowest BCUT2D eigenvalue weighted by Crippen LogP contribution is -2.49. The molecule has 1 amide bonds. The van der Waals surface area contributed by atoms with E-state index in [1.54, 1.807) is 0 Å². The van der Waals surface area contributed by atoms with Crippen molar-refractivity contribution in [1.82, 2.24) is 4.90 Å². The molecule has 1 aromatic rings. The van der Waals surface area contributed by atoms with Crippen LogP contribution in [-0.4, -0.2) is 41.1 Å². The predicted octanol–water partition coefficient (Wildman–Crippen LogP) is 2.09. The first-order chi connectivity index (χ1) is 10.1. The Labute approximate surface area is 124 Å². The molecular weight excluding hydrogens is 270 g/mol. The predicted molar refractivity (Wildman–Crippen MR) is 78.3 cm³/mol. The lowest BCUT2D eigenvalue weighted by Gasteiger charge is -2.32. The molecule has 1 aromatic carbocycles. The molecule has 0 spiro atoms. The summed E-state index contributed by atoms with van der Waals surface area (Å²) in [6, 6.07) is 6.87. The fourth-order valence-corrected chi connectivity index (χ4v) is 2.54. The first-order valence-electron chi connectivity index (χ1n) is 7.36. The van der Waals surface area contributed by atoms with Gasteiger partial charge in [0.15, 0.2) is 6.61 Å². The van der Waals surface area contributed by atoms with Crippen LogP contribution in [-0.2, 0) is 16.0 Å². The first-order valence-corrected chi connectivity index (χ1v) is 7.36. The number of ether oxygens (including phenoxy) is 1. The number of hydrogen-bond acceptors (Lipinski definition) is 3. The van der Waals surface area contributed by atoms with Crippen LogP contribution in [0, 0.1) is 0 Å². The minimum absolute atomic E-state index is 0.116. The van der Waals surface area contributed by atoms with Gasteiger partial charge in [-0.3, -0.25) is 4.79 Å². The molecule has 0 saturated carbocycles. The van der Waals surface area contributed by atoms with Crippen LogP contribution in [0.1, 0.15) is 31.7 Å². The third-order valence-electron chi connectivity index (χ3n) is 3.80. The molecule has 1 fully saturated rings. The van der Waals surface area contributed by atoms with Gasteiger partial charge in [-0.2, -0.15) is 0 Å². The van der Waals surface area contributed by atoms with E-state index in [4.69, 9.17) is 9.84 Å². The zero-order chi connectivity index (χ0) is 15.2. The van der Waals surface area contributed by atoms with E-state index in [-0.39, 0.29) is 12.5 Å². The van der Waals surface area contributed by atoms with Crippen molar-refractivity contribution in [2.45, 2.75) is 38.6 Å². The molecule has 2 rings (SSSR count). The highest BCUT2D eigenvalue weighted by Crippen LogP contribution is 2.18. The minimum atomic E-state index is -0.935. The molecule has 0 aliphatic carbocycles. The maximum atomic E-state index is 12.1. The van der Waals surface area contributed by atoms with Gasteiger partial charge in [-0.15, -0.1) is 0 Å². The largest absolute Gasteiger partial charge is 0.484 e. The Morgan fingerprint density at radius 3 is 2.62 bits per heavy atom. The van der Waals surface area contributed by atoms with Crippen LogP contribution >= 0.6 is 0 Å². The standard InChI is InChI=1S/C16H21NO4/c1-2-12-6-8-13(9-7-12)21-11-15(18)17-10-4-3-5-14(17)16(19)20/h6-9,14H,2-5,10-11H2,1H3,(H,19,20)/t14-/m1/s1. The van der Waals surface area contributed by atoms with Crippen molar-refractivity contribution in [2.24, 2.45) is 0 Å². The Morgan fingerprint density at radius 2 is 2.00 bits per heavy atom. The topological polar surface area (TPSA) is 66.8 Å². The van der Waals surface area contributed by atoms with Crippen molar-refractivity contribution in [3.8, 4) is 5.75 Å². The van der Waals surface area contributed by atoms with E-state index in [0.717, 1.165) is 19.3 Å². The van der Waals surface area contributed by atoms with E-state index >= 15 is 0 Å². The van der Waals surface area contributed by atoms with Gasteiger partial charge in [0.2, 0.25) is 0 Å². The van der Waals surface area contributed by atoms with Crippen molar-refractivity contribution < 1.29 is 19.4 Å². The summed E-state index contributed by atoms with van der Waals surface area (Å²) >= 11 is 0. The summed E-state index contributed by atoms with van der Waals surface area (Å²) in [6.07, 6.45) is 3.17. The molecule has 21 heavy (non-hydrogen) atoms. The van der Waals surface area contributed by atoms with Crippen LogP contribution in [0.4, 0.5) is 0 Å².